The van der Waals surface area contributed by atoms with E-state index in [9.17, 15) is 9.59 Å². The van der Waals surface area contributed by atoms with E-state index >= 15 is 0 Å². The fourth-order valence-corrected chi connectivity index (χ4v) is 4.57. The van der Waals surface area contributed by atoms with Crippen molar-refractivity contribution in [1.29, 1.82) is 0 Å². The minimum atomic E-state index is -0.412. The van der Waals surface area contributed by atoms with Crippen LogP contribution < -0.4 is 5.56 Å². The second-order valence-corrected chi connectivity index (χ2v) is 8.22. The summed E-state index contributed by atoms with van der Waals surface area (Å²) in [4.78, 5) is 30.6. The number of hydrogen-bond donors (Lipinski definition) is 0. The zero-order valence-corrected chi connectivity index (χ0v) is 18.1. The maximum atomic E-state index is 13.4. The van der Waals surface area contributed by atoms with Gasteiger partial charge in [0.15, 0.2) is 5.16 Å². The number of benzene rings is 2. The molecular weight excluding hydrogens is 384 g/mol. The summed E-state index contributed by atoms with van der Waals surface area (Å²) < 4.78 is 6.88. The Labute approximate surface area is 175 Å². The van der Waals surface area contributed by atoms with E-state index in [1.165, 1.54) is 11.8 Å². The highest BCUT2D eigenvalue weighted by Gasteiger charge is 2.24. The number of para-hydroxylation sites is 1. The quantitative estimate of drug-likeness (QED) is 0.317. The van der Waals surface area contributed by atoms with Crippen molar-refractivity contribution >= 4 is 28.6 Å². The molecule has 152 valence electrons. The molecule has 1 aromatic heterocycles. The van der Waals surface area contributed by atoms with Crippen molar-refractivity contribution < 1.29 is 9.53 Å². The lowest BCUT2D eigenvalue weighted by atomic mass is 10.1. The van der Waals surface area contributed by atoms with Gasteiger partial charge >= 0.3 is 5.97 Å². The molecule has 0 radical (unpaired) electrons. The largest absolute Gasteiger partial charge is 0.465 e. The fourth-order valence-electron chi connectivity index (χ4n) is 3.35. The van der Waals surface area contributed by atoms with Crippen LogP contribution in [-0.4, -0.2) is 27.4 Å². The Hall–Kier alpha value is -2.60. The Balaban J connectivity index is 2.21. The first kappa shape index (κ1) is 21.1. The van der Waals surface area contributed by atoms with Crippen molar-refractivity contribution in [2.45, 2.75) is 50.9 Å². The van der Waals surface area contributed by atoms with Crippen LogP contribution in [0.25, 0.3) is 16.6 Å². The summed E-state index contributed by atoms with van der Waals surface area (Å²) in [6.45, 7) is 8.15. The van der Waals surface area contributed by atoms with Gasteiger partial charge in [-0.3, -0.25) is 14.2 Å². The molecular formula is C23H26N2O3S. The third-order valence-electron chi connectivity index (χ3n) is 4.56. The number of thioether (sulfide) groups is 1. The first-order valence-electron chi connectivity index (χ1n) is 9.88. The van der Waals surface area contributed by atoms with Crippen molar-refractivity contribution in [1.82, 2.24) is 9.55 Å². The number of ether oxygens (including phenoxy) is 1. The maximum absolute atomic E-state index is 13.4. The molecule has 0 spiro atoms. The second kappa shape index (κ2) is 9.27. The van der Waals surface area contributed by atoms with Gasteiger partial charge in [-0.1, -0.05) is 43.3 Å². The third kappa shape index (κ3) is 4.70. The number of carbonyl (C=O) groups excluding carboxylic acids is 1. The summed E-state index contributed by atoms with van der Waals surface area (Å²) in [5.41, 5.74) is 3.37. The smallest absolute Gasteiger partial charge is 0.319 e. The standard InChI is InChI=1S/C23H26N2O3S/c1-5-9-20(22(27)28-6-2)29-23-24-19-11-8-7-10-18(19)21(26)25(23)17-13-15(3)12-16(4)14-17/h7-8,10-14,20H,5-6,9H2,1-4H3/t20-/m1/s1. The van der Waals surface area contributed by atoms with Crippen molar-refractivity contribution in [3.63, 3.8) is 0 Å². The van der Waals surface area contributed by atoms with Crippen molar-refractivity contribution in [3.05, 3.63) is 63.9 Å². The highest BCUT2D eigenvalue weighted by Crippen LogP contribution is 2.29. The molecule has 0 amide bonds. The molecule has 3 aromatic rings. The van der Waals surface area contributed by atoms with E-state index in [4.69, 9.17) is 9.72 Å². The molecule has 0 aliphatic rings. The summed E-state index contributed by atoms with van der Waals surface area (Å²) in [6.07, 6.45) is 1.48. The average Bonchev–Trinajstić information content (AvgIpc) is 2.67. The van der Waals surface area contributed by atoms with Crippen LogP contribution >= 0.6 is 11.8 Å². The molecule has 0 unspecified atom stereocenters. The van der Waals surface area contributed by atoms with E-state index in [0.29, 0.717) is 29.1 Å². The summed E-state index contributed by atoms with van der Waals surface area (Å²) in [7, 11) is 0. The van der Waals surface area contributed by atoms with Crippen LogP contribution in [0.3, 0.4) is 0 Å². The number of rotatable bonds is 7. The summed E-state index contributed by atoms with van der Waals surface area (Å²) in [5.74, 6) is -0.270. The maximum Gasteiger partial charge on any atom is 0.319 e. The predicted molar refractivity (Wildman–Crippen MR) is 118 cm³/mol. The van der Waals surface area contributed by atoms with E-state index in [2.05, 4.69) is 6.07 Å². The van der Waals surface area contributed by atoms with Crippen molar-refractivity contribution in [3.8, 4) is 5.69 Å². The van der Waals surface area contributed by atoms with Gasteiger partial charge in [0.1, 0.15) is 5.25 Å². The summed E-state index contributed by atoms with van der Waals surface area (Å²) in [6, 6.07) is 13.3. The fraction of sp³-hybridized carbons (Fsp3) is 0.348. The molecule has 1 heterocycles. The molecule has 0 saturated heterocycles. The molecule has 3 rings (SSSR count). The van der Waals surface area contributed by atoms with Crippen LogP contribution in [0.4, 0.5) is 0 Å². The van der Waals surface area contributed by atoms with Gasteiger partial charge in [0.2, 0.25) is 0 Å². The topological polar surface area (TPSA) is 61.2 Å². The van der Waals surface area contributed by atoms with Gasteiger partial charge in [-0.15, -0.1) is 0 Å². The van der Waals surface area contributed by atoms with Gasteiger partial charge < -0.3 is 4.74 Å². The van der Waals surface area contributed by atoms with Gasteiger partial charge in [0, 0.05) is 0 Å². The van der Waals surface area contributed by atoms with Gasteiger partial charge in [-0.2, -0.15) is 0 Å². The lowest BCUT2D eigenvalue weighted by Gasteiger charge is -2.18. The molecule has 0 bridgehead atoms. The van der Waals surface area contributed by atoms with Gasteiger partial charge in [0.25, 0.3) is 5.56 Å². The lowest BCUT2D eigenvalue weighted by molar-refractivity contribution is -0.142. The van der Waals surface area contributed by atoms with E-state index in [1.54, 1.807) is 17.6 Å². The normalized spacial score (nSPS) is 12.1. The number of fused-ring (bicyclic) bond motifs is 1. The lowest BCUT2D eigenvalue weighted by Crippen LogP contribution is -2.25. The monoisotopic (exact) mass is 410 g/mol. The molecule has 0 saturated carbocycles. The first-order valence-corrected chi connectivity index (χ1v) is 10.8. The van der Waals surface area contributed by atoms with Crippen LogP contribution in [0, 0.1) is 13.8 Å². The molecule has 0 N–H and O–H groups in total. The number of aryl methyl sites for hydroxylation is 2. The van der Waals surface area contributed by atoms with Crippen LogP contribution in [0.5, 0.6) is 0 Å². The molecule has 0 fully saturated rings. The number of carbonyl (C=O) groups is 1. The number of esters is 1. The molecule has 2 aromatic carbocycles. The van der Waals surface area contributed by atoms with Crippen molar-refractivity contribution in [2.24, 2.45) is 0 Å². The molecule has 6 heteroatoms. The molecule has 29 heavy (non-hydrogen) atoms. The van der Waals surface area contributed by atoms with Crippen LogP contribution in [0.2, 0.25) is 0 Å². The van der Waals surface area contributed by atoms with E-state index in [0.717, 1.165) is 23.2 Å². The highest BCUT2D eigenvalue weighted by molar-refractivity contribution is 8.00. The SMILES string of the molecule is CCC[C@@H](Sc1nc2ccccc2c(=O)n1-c1cc(C)cc(C)c1)C(=O)OCC. The predicted octanol–water partition coefficient (Wildman–Crippen LogP) is 4.83. The zero-order valence-electron chi connectivity index (χ0n) is 17.3. The molecule has 5 nitrogen and oxygen atoms in total. The number of nitrogens with zero attached hydrogens (tertiary/aromatic N) is 2. The Kier molecular flexibility index (Phi) is 6.75. The minimum Gasteiger partial charge on any atom is -0.465 e. The Morgan fingerprint density at radius 3 is 2.48 bits per heavy atom. The van der Waals surface area contributed by atoms with Crippen molar-refractivity contribution in [2.75, 3.05) is 6.61 Å². The first-order chi connectivity index (χ1) is 13.9. The minimum absolute atomic E-state index is 0.137. The van der Waals surface area contributed by atoms with E-state index in [-0.39, 0.29) is 11.5 Å². The molecule has 0 aliphatic heterocycles. The van der Waals surface area contributed by atoms with Gasteiger partial charge in [-0.25, -0.2) is 4.98 Å². The third-order valence-corrected chi connectivity index (χ3v) is 5.75. The number of hydrogen-bond acceptors (Lipinski definition) is 5. The summed E-state index contributed by atoms with van der Waals surface area (Å²) in [5, 5.41) is 0.648. The van der Waals surface area contributed by atoms with Crippen LogP contribution in [0.1, 0.15) is 37.8 Å². The van der Waals surface area contributed by atoms with E-state index < -0.39 is 5.25 Å². The highest BCUT2D eigenvalue weighted by atomic mass is 32.2. The Morgan fingerprint density at radius 1 is 1.14 bits per heavy atom. The Bertz CT molecular complexity index is 1070. The van der Waals surface area contributed by atoms with E-state index in [1.807, 2.05) is 51.1 Å². The average molecular weight is 411 g/mol. The molecule has 1 atom stereocenters. The zero-order chi connectivity index (χ0) is 21.0. The van der Waals surface area contributed by atoms with Crippen LogP contribution in [-0.2, 0) is 9.53 Å². The second-order valence-electron chi connectivity index (χ2n) is 7.05. The van der Waals surface area contributed by atoms with Crippen LogP contribution in [0.15, 0.2) is 52.4 Å². The van der Waals surface area contributed by atoms with Gasteiger partial charge in [-0.05, 0) is 62.6 Å². The van der Waals surface area contributed by atoms with Gasteiger partial charge in [0.05, 0.1) is 23.2 Å². The Morgan fingerprint density at radius 2 is 1.83 bits per heavy atom. The molecule has 0 aliphatic carbocycles. The number of aromatic nitrogens is 2. The summed E-state index contributed by atoms with van der Waals surface area (Å²) >= 11 is 1.30.